The molecule has 1 aliphatic carbocycles. The molecule has 1 unspecified atom stereocenters. The van der Waals surface area contributed by atoms with Crippen molar-refractivity contribution in [2.75, 3.05) is 6.61 Å². The predicted molar refractivity (Wildman–Crippen MR) is 128 cm³/mol. The number of aryl methyl sites for hydroxylation is 1. The molecule has 1 atom stereocenters. The smallest absolute Gasteiger partial charge is 0.407 e. The summed E-state index contributed by atoms with van der Waals surface area (Å²) < 4.78 is 5.52. The molecule has 3 aromatic rings. The highest BCUT2D eigenvalue weighted by Gasteiger charge is 2.29. The van der Waals surface area contributed by atoms with Crippen LogP contribution in [0.15, 0.2) is 48.5 Å². The van der Waals surface area contributed by atoms with Crippen molar-refractivity contribution in [3.8, 4) is 11.1 Å². The third-order valence-electron chi connectivity index (χ3n) is 5.79. The Kier molecular flexibility index (Phi) is 6.93. The summed E-state index contributed by atoms with van der Waals surface area (Å²) in [5.74, 6) is -1.61. The van der Waals surface area contributed by atoms with Crippen molar-refractivity contribution in [3.63, 3.8) is 0 Å². The van der Waals surface area contributed by atoms with Crippen LogP contribution < -0.4 is 10.6 Å². The number of amides is 2. The lowest BCUT2D eigenvalue weighted by Gasteiger charge is -2.14. The van der Waals surface area contributed by atoms with Gasteiger partial charge < -0.3 is 20.5 Å². The quantitative estimate of drug-likeness (QED) is 0.448. The lowest BCUT2D eigenvalue weighted by Crippen LogP contribution is -2.40. The van der Waals surface area contributed by atoms with Gasteiger partial charge in [-0.3, -0.25) is 4.79 Å². The molecule has 9 heteroatoms. The number of alkyl carbamates (subject to hydrolysis) is 1. The Morgan fingerprint density at radius 3 is 2.29 bits per heavy atom. The van der Waals surface area contributed by atoms with Crippen molar-refractivity contribution >= 4 is 29.3 Å². The lowest BCUT2D eigenvalue weighted by atomic mass is 9.98. The molecule has 2 aromatic carbocycles. The predicted octanol–water partition coefficient (Wildman–Crippen LogP) is 4.08. The molecule has 176 valence electrons. The maximum absolute atomic E-state index is 12.4. The number of aliphatic carboxylic acids is 1. The van der Waals surface area contributed by atoms with Crippen LogP contribution in [0.3, 0.4) is 0 Å². The third-order valence-corrected chi connectivity index (χ3v) is 6.94. The molecule has 1 heterocycles. The Labute approximate surface area is 201 Å². The minimum absolute atomic E-state index is 0.0312. The van der Waals surface area contributed by atoms with Crippen LogP contribution in [-0.2, 0) is 16.1 Å². The molecule has 0 bridgehead atoms. The Bertz CT molecular complexity index is 1190. The second-order valence-corrected chi connectivity index (χ2v) is 9.06. The van der Waals surface area contributed by atoms with Crippen molar-refractivity contribution in [3.05, 3.63) is 75.2 Å². The van der Waals surface area contributed by atoms with Gasteiger partial charge in [0.25, 0.3) is 5.91 Å². The summed E-state index contributed by atoms with van der Waals surface area (Å²) in [5.41, 5.74) is 5.06. The number of hydrogen-bond donors (Lipinski definition) is 3. The van der Waals surface area contributed by atoms with E-state index in [0.29, 0.717) is 15.6 Å². The molecule has 4 rings (SSSR count). The van der Waals surface area contributed by atoms with Crippen LogP contribution in [0.1, 0.15) is 50.8 Å². The maximum atomic E-state index is 12.4. The van der Waals surface area contributed by atoms with E-state index < -0.39 is 24.0 Å². The average molecular weight is 480 g/mol. The molecule has 0 spiro atoms. The number of carboxylic acid groups (broad SMARTS) is 1. The van der Waals surface area contributed by atoms with E-state index in [0.717, 1.165) is 33.6 Å². The lowest BCUT2D eigenvalue weighted by molar-refractivity contribution is -0.139. The minimum Gasteiger partial charge on any atom is -0.480 e. The number of carbonyl (C=O) groups is 3. The first-order valence-electron chi connectivity index (χ1n) is 11.0. The van der Waals surface area contributed by atoms with Crippen LogP contribution in [0.4, 0.5) is 4.79 Å². The van der Waals surface area contributed by atoms with Crippen molar-refractivity contribution in [1.82, 2.24) is 15.6 Å². The molecular formula is C25H25N3O5S. The fourth-order valence-corrected chi connectivity index (χ4v) is 5.01. The van der Waals surface area contributed by atoms with Gasteiger partial charge in [0.2, 0.25) is 0 Å². The molecule has 0 radical (unpaired) electrons. The largest absolute Gasteiger partial charge is 0.480 e. The maximum Gasteiger partial charge on any atom is 0.407 e. The molecule has 0 saturated heterocycles. The van der Waals surface area contributed by atoms with E-state index in [1.807, 2.05) is 24.3 Å². The highest BCUT2D eigenvalue weighted by atomic mass is 32.1. The summed E-state index contributed by atoms with van der Waals surface area (Å²) in [6.45, 7) is 3.66. The van der Waals surface area contributed by atoms with Crippen molar-refractivity contribution in [1.29, 1.82) is 0 Å². The molecule has 1 aliphatic rings. The summed E-state index contributed by atoms with van der Waals surface area (Å²) in [7, 11) is 0. The second kappa shape index (κ2) is 10.0. The van der Waals surface area contributed by atoms with E-state index in [2.05, 4.69) is 39.9 Å². The van der Waals surface area contributed by atoms with Crippen LogP contribution in [0.2, 0.25) is 0 Å². The minimum atomic E-state index is -1.09. The van der Waals surface area contributed by atoms with E-state index in [-0.39, 0.29) is 25.5 Å². The van der Waals surface area contributed by atoms with Gasteiger partial charge in [-0.15, -0.1) is 11.3 Å². The third kappa shape index (κ3) is 4.79. The summed E-state index contributed by atoms with van der Waals surface area (Å²) in [5, 5.41) is 14.8. The van der Waals surface area contributed by atoms with Gasteiger partial charge in [0.1, 0.15) is 22.5 Å². The van der Waals surface area contributed by atoms with Crippen LogP contribution in [0.25, 0.3) is 11.1 Å². The van der Waals surface area contributed by atoms with Crippen molar-refractivity contribution in [2.45, 2.75) is 38.8 Å². The number of nitrogens with one attached hydrogen (secondary N) is 2. The number of nitrogens with zero attached hydrogens (tertiary/aromatic N) is 1. The molecule has 0 saturated carbocycles. The van der Waals surface area contributed by atoms with Gasteiger partial charge in [-0.05, 0) is 35.6 Å². The Balaban J connectivity index is 1.34. The van der Waals surface area contributed by atoms with E-state index in [1.54, 1.807) is 13.8 Å². The summed E-state index contributed by atoms with van der Waals surface area (Å²) in [6.07, 6.45) is -0.299. The number of aromatic nitrogens is 1. The van der Waals surface area contributed by atoms with Gasteiger partial charge in [-0.2, -0.15) is 0 Å². The van der Waals surface area contributed by atoms with Gasteiger partial charge in [0.15, 0.2) is 0 Å². The topological polar surface area (TPSA) is 118 Å². The first-order chi connectivity index (χ1) is 16.4. The summed E-state index contributed by atoms with van der Waals surface area (Å²) in [4.78, 5) is 40.6. The summed E-state index contributed by atoms with van der Waals surface area (Å²) in [6, 6.07) is 15.3. The van der Waals surface area contributed by atoms with Crippen molar-refractivity contribution < 1.29 is 24.2 Å². The molecule has 3 N–H and O–H groups in total. The first kappa shape index (κ1) is 23.4. The number of carboxylic acids is 1. The SMILES string of the molecule is CCC(NC(=O)c1sc(CNC(=O)OCC2c3ccccc3-c3ccccc32)nc1C)C(=O)O. The molecule has 0 aliphatic heterocycles. The highest BCUT2D eigenvalue weighted by Crippen LogP contribution is 2.44. The first-order valence-corrected chi connectivity index (χ1v) is 11.8. The van der Waals surface area contributed by atoms with Crippen molar-refractivity contribution in [2.24, 2.45) is 0 Å². The molecular weight excluding hydrogens is 454 g/mol. The molecule has 34 heavy (non-hydrogen) atoms. The normalized spacial score (nSPS) is 13.0. The van der Waals surface area contributed by atoms with E-state index >= 15 is 0 Å². The van der Waals surface area contributed by atoms with Gasteiger partial charge in [-0.25, -0.2) is 14.6 Å². The average Bonchev–Trinajstić information content (AvgIpc) is 3.37. The monoisotopic (exact) mass is 479 g/mol. The van der Waals surface area contributed by atoms with Crippen LogP contribution in [0.5, 0.6) is 0 Å². The van der Waals surface area contributed by atoms with Gasteiger partial charge in [-0.1, -0.05) is 55.5 Å². The Morgan fingerprint density at radius 1 is 1.09 bits per heavy atom. The number of benzene rings is 2. The zero-order valence-corrected chi connectivity index (χ0v) is 19.6. The van der Waals surface area contributed by atoms with E-state index in [9.17, 15) is 14.4 Å². The molecule has 0 fully saturated rings. The molecule has 8 nitrogen and oxygen atoms in total. The number of carbonyl (C=O) groups excluding carboxylic acids is 2. The van der Waals surface area contributed by atoms with Crippen LogP contribution in [-0.4, -0.2) is 40.7 Å². The second-order valence-electron chi connectivity index (χ2n) is 7.97. The number of ether oxygens (including phenoxy) is 1. The number of thiazole rings is 1. The zero-order valence-electron chi connectivity index (χ0n) is 18.8. The van der Waals surface area contributed by atoms with Gasteiger partial charge in [0, 0.05) is 5.92 Å². The van der Waals surface area contributed by atoms with E-state index in [1.165, 1.54) is 0 Å². The molecule has 1 aromatic heterocycles. The fraction of sp³-hybridized carbons (Fsp3) is 0.280. The van der Waals surface area contributed by atoms with Crippen LogP contribution in [0, 0.1) is 6.92 Å². The standard InChI is InChI=1S/C25H25N3O5S/c1-3-20(24(30)31)28-23(29)22-14(2)27-21(34-22)12-26-25(32)33-13-19-17-10-6-4-8-15(17)16-9-5-7-11-18(16)19/h4-11,19-20H,3,12-13H2,1-2H3,(H,26,32)(H,28,29)(H,30,31). The number of fused-ring (bicyclic) bond motifs is 3. The Morgan fingerprint density at radius 2 is 1.71 bits per heavy atom. The number of hydrogen-bond acceptors (Lipinski definition) is 6. The summed E-state index contributed by atoms with van der Waals surface area (Å²) >= 11 is 1.11. The zero-order chi connectivity index (χ0) is 24.2. The van der Waals surface area contributed by atoms with Gasteiger partial charge in [0.05, 0.1) is 12.2 Å². The molecule has 2 amide bonds. The number of rotatable bonds is 8. The van der Waals surface area contributed by atoms with Gasteiger partial charge >= 0.3 is 12.1 Å². The van der Waals surface area contributed by atoms with E-state index in [4.69, 9.17) is 9.84 Å². The van der Waals surface area contributed by atoms with Crippen LogP contribution >= 0.6 is 11.3 Å². The Hall–Kier alpha value is -3.72. The highest BCUT2D eigenvalue weighted by molar-refractivity contribution is 7.13. The fourth-order valence-electron chi connectivity index (χ4n) is 4.10.